The summed E-state index contributed by atoms with van der Waals surface area (Å²) in [5, 5.41) is 2.90. The van der Waals surface area contributed by atoms with E-state index in [1.807, 2.05) is 37.3 Å². The standard InChI is InChI=1S/C14H20N2O2/c1-2-12(15)14(8-9-14)16-13(17)18-10-11-6-4-3-5-7-11/h3-7,12H,2,8-10,15H2,1H3,(H,16,17). The van der Waals surface area contributed by atoms with Gasteiger partial charge in [-0.15, -0.1) is 0 Å². The number of ether oxygens (including phenoxy) is 1. The van der Waals surface area contributed by atoms with Gasteiger partial charge in [0.05, 0.1) is 5.54 Å². The van der Waals surface area contributed by atoms with E-state index in [-0.39, 0.29) is 17.7 Å². The van der Waals surface area contributed by atoms with Gasteiger partial charge in [0.1, 0.15) is 6.61 Å². The van der Waals surface area contributed by atoms with Crippen LogP contribution in [-0.2, 0) is 11.3 Å². The highest BCUT2D eigenvalue weighted by atomic mass is 16.5. The molecule has 0 bridgehead atoms. The maximum Gasteiger partial charge on any atom is 0.407 e. The van der Waals surface area contributed by atoms with E-state index in [2.05, 4.69) is 5.32 Å². The van der Waals surface area contributed by atoms with Crippen molar-refractivity contribution in [3.05, 3.63) is 35.9 Å². The van der Waals surface area contributed by atoms with Crippen LogP contribution in [-0.4, -0.2) is 17.7 Å². The van der Waals surface area contributed by atoms with Crippen molar-refractivity contribution in [2.24, 2.45) is 5.73 Å². The van der Waals surface area contributed by atoms with Crippen molar-refractivity contribution < 1.29 is 9.53 Å². The Balaban J connectivity index is 1.79. The number of hydrogen-bond donors (Lipinski definition) is 2. The van der Waals surface area contributed by atoms with Crippen LogP contribution in [0.5, 0.6) is 0 Å². The molecule has 0 radical (unpaired) electrons. The second-order valence-electron chi connectivity index (χ2n) is 4.86. The third-order valence-corrected chi connectivity index (χ3v) is 3.50. The van der Waals surface area contributed by atoms with Crippen LogP contribution in [0.3, 0.4) is 0 Å². The van der Waals surface area contributed by atoms with E-state index >= 15 is 0 Å². The van der Waals surface area contributed by atoms with Crippen molar-refractivity contribution in [1.82, 2.24) is 5.32 Å². The molecule has 98 valence electrons. The van der Waals surface area contributed by atoms with Crippen molar-refractivity contribution in [3.63, 3.8) is 0 Å². The van der Waals surface area contributed by atoms with Gasteiger partial charge in [0.15, 0.2) is 0 Å². The van der Waals surface area contributed by atoms with Crippen LogP contribution in [0.2, 0.25) is 0 Å². The number of benzene rings is 1. The molecule has 1 saturated carbocycles. The number of carbonyl (C=O) groups is 1. The molecular formula is C14H20N2O2. The summed E-state index contributed by atoms with van der Waals surface area (Å²) in [7, 11) is 0. The van der Waals surface area contributed by atoms with E-state index in [0.29, 0.717) is 6.61 Å². The Morgan fingerprint density at radius 1 is 1.44 bits per heavy atom. The zero-order valence-electron chi connectivity index (χ0n) is 10.7. The van der Waals surface area contributed by atoms with E-state index in [1.165, 1.54) is 0 Å². The SMILES string of the molecule is CCC(N)C1(NC(=O)OCc2ccccc2)CC1. The summed E-state index contributed by atoms with van der Waals surface area (Å²) in [6, 6.07) is 9.65. The summed E-state index contributed by atoms with van der Waals surface area (Å²) in [6.45, 7) is 2.33. The maximum atomic E-state index is 11.7. The van der Waals surface area contributed by atoms with E-state index in [9.17, 15) is 4.79 Å². The van der Waals surface area contributed by atoms with E-state index in [1.54, 1.807) is 0 Å². The van der Waals surface area contributed by atoms with Gasteiger partial charge in [-0.2, -0.15) is 0 Å². The Hall–Kier alpha value is -1.55. The molecule has 2 rings (SSSR count). The van der Waals surface area contributed by atoms with Crippen molar-refractivity contribution in [2.75, 3.05) is 0 Å². The van der Waals surface area contributed by atoms with Crippen molar-refractivity contribution in [1.29, 1.82) is 0 Å². The molecule has 0 spiro atoms. The molecule has 0 aromatic heterocycles. The zero-order valence-corrected chi connectivity index (χ0v) is 10.7. The van der Waals surface area contributed by atoms with Crippen LogP contribution in [0.1, 0.15) is 31.7 Å². The Kier molecular flexibility index (Phi) is 3.87. The summed E-state index contributed by atoms with van der Waals surface area (Å²) in [5.41, 5.74) is 6.76. The normalized spacial score (nSPS) is 17.9. The lowest BCUT2D eigenvalue weighted by Gasteiger charge is -2.23. The lowest BCUT2D eigenvalue weighted by Crippen LogP contribution is -2.49. The van der Waals surface area contributed by atoms with Gasteiger partial charge < -0.3 is 15.8 Å². The first-order valence-electron chi connectivity index (χ1n) is 6.41. The third-order valence-electron chi connectivity index (χ3n) is 3.50. The van der Waals surface area contributed by atoms with Crippen molar-refractivity contribution in [3.8, 4) is 0 Å². The smallest absolute Gasteiger partial charge is 0.407 e. The van der Waals surface area contributed by atoms with Crippen molar-refractivity contribution in [2.45, 2.75) is 44.4 Å². The molecule has 3 N–H and O–H groups in total. The fourth-order valence-corrected chi connectivity index (χ4v) is 2.08. The largest absolute Gasteiger partial charge is 0.445 e. The van der Waals surface area contributed by atoms with Crippen LogP contribution >= 0.6 is 0 Å². The minimum Gasteiger partial charge on any atom is -0.445 e. The molecule has 1 aliphatic carbocycles. The van der Waals surface area contributed by atoms with Gasteiger partial charge in [0, 0.05) is 6.04 Å². The lowest BCUT2D eigenvalue weighted by molar-refractivity contribution is 0.132. The van der Waals surface area contributed by atoms with Gasteiger partial charge in [-0.1, -0.05) is 37.3 Å². The highest BCUT2D eigenvalue weighted by molar-refractivity contribution is 5.69. The molecule has 1 aromatic carbocycles. The number of carbonyl (C=O) groups excluding carboxylic acids is 1. The van der Waals surface area contributed by atoms with Crippen molar-refractivity contribution >= 4 is 6.09 Å². The maximum absolute atomic E-state index is 11.7. The number of nitrogens with one attached hydrogen (secondary N) is 1. The average Bonchev–Trinajstić information content (AvgIpc) is 3.17. The van der Waals surface area contributed by atoms with Gasteiger partial charge in [0.2, 0.25) is 0 Å². The molecule has 0 aliphatic heterocycles. The first-order valence-corrected chi connectivity index (χ1v) is 6.41. The predicted octanol–water partition coefficient (Wildman–Crippen LogP) is 2.18. The second-order valence-corrected chi connectivity index (χ2v) is 4.86. The monoisotopic (exact) mass is 248 g/mol. The highest BCUT2D eigenvalue weighted by Crippen LogP contribution is 2.39. The predicted molar refractivity (Wildman–Crippen MR) is 70.0 cm³/mol. The molecular weight excluding hydrogens is 228 g/mol. The molecule has 1 amide bonds. The number of rotatable bonds is 5. The van der Waals surface area contributed by atoms with Gasteiger partial charge in [-0.05, 0) is 24.8 Å². The first kappa shape index (κ1) is 12.9. The van der Waals surface area contributed by atoms with Crippen LogP contribution in [0, 0.1) is 0 Å². The Morgan fingerprint density at radius 3 is 2.67 bits per heavy atom. The molecule has 1 atom stereocenters. The zero-order chi connectivity index (χ0) is 13.0. The van der Waals surface area contributed by atoms with E-state index in [4.69, 9.17) is 10.5 Å². The van der Waals surface area contributed by atoms with Crippen LogP contribution < -0.4 is 11.1 Å². The van der Waals surface area contributed by atoms with E-state index in [0.717, 1.165) is 24.8 Å². The summed E-state index contributed by atoms with van der Waals surface area (Å²) in [6.07, 6.45) is 2.38. The van der Waals surface area contributed by atoms with E-state index < -0.39 is 0 Å². The Labute approximate surface area is 108 Å². The molecule has 1 fully saturated rings. The van der Waals surface area contributed by atoms with Gasteiger partial charge in [-0.3, -0.25) is 0 Å². The quantitative estimate of drug-likeness (QED) is 0.839. The van der Waals surface area contributed by atoms with Gasteiger partial charge in [0.25, 0.3) is 0 Å². The molecule has 1 aliphatic rings. The topological polar surface area (TPSA) is 64.3 Å². The fraction of sp³-hybridized carbons (Fsp3) is 0.500. The number of nitrogens with two attached hydrogens (primary N) is 1. The van der Waals surface area contributed by atoms with Crippen LogP contribution in [0.25, 0.3) is 0 Å². The summed E-state index contributed by atoms with van der Waals surface area (Å²) in [5.74, 6) is 0. The van der Waals surface area contributed by atoms with Crippen LogP contribution in [0.15, 0.2) is 30.3 Å². The molecule has 4 heteroatoms. The third kappa shape index (κ3) is 3.01. The Morgan fingerprint density at radius 2 is 2.11 bits per heavy atom. The number of amides is 1. The molecule has 0 saturated heterocycles. The molecule has 4 nitrogen and oxygen atoms in total. The summed E-state index contributed by atoms with van der Waals surface area (Å²) >= 11 is 0. The fourth-order valence-electron chi connectivity index (χ4n) is 2.08. The Bertz CT molecular complexity index is 402. The average molecular weight is 248 g/mol. The minimum atomic E-state index is -0.375. The number of hydrogen-bond acceptors (Lipinski definition) is 3. The first-order chi connectivity index (χ1) is 8.66. The van der Waals surface area contributed by atoms with Crippen LogP contribution in [0.4, 0.5) is 4.79 Å². The number of alkyl carbamates (subject to hydrolysis) is 1. The second kappa shape index (κ2) is 5.40. The minimum absolute atomic E-state index is 0.0155. The molecule has 1 aromatic rings. The summed E-state index contributed by atoms with van der Waals surface area (Å²) < 4.78 is 5.19. The highest BCUT2D eigenvalue weighted by Gasteiger charge is 2.48. The lowest BCUT2D eigenvalue weighted by atomic mass is 10.1. The summed E-state index contributed by atoms with van der Waals surface area (Å²) in [4.78, 5) is 11.7. The molecule has 0 heterocycles. The molecule has 18 heavy (non-hydrogen) atoms. The van der Waals surface area contributed by atoms with Gasteiger partial charge >= 0.3 is 6.09 Å². The molecule has 1 unspecified atom stereocenters. The van der Waals surface area contributed by atoms with Gasteiger partial charge in [-0.25, -0.2) is 4.79 Å².